The summed E-state index contributed by atoms with van der Waals surface area (Å²) in [5.74, 6) is 0. The topological polar surface area (TPSA) is 24.6 Å². The Balaban J connectivity index is 1.24. The molecule has 2 aliphatic heterocycles. The molecule has 4 nitrogen and oxygen atoms in total. The van der Waals surface area contributed by atoms with E-state index in [0.717, 1.165) is 63.6 Å². The first-order valence-electron chi connectivity index (χ1n) is 30.7. The lowest BCUT2D eigenvalue weighted by molar-refractivity contribution is 0.332. The van der Waals surface area contributed by atoms with Gasteiger partial charge in [0.1, 0.15) is 11.2 Å². The smallest absolute Gasteiger partial charge is 0.375 e. The lowest BCUT2D eigenvalue weighted by atomic mass is 9.47. The fourth-order valence-corrected chi connectivity index (χ4v) is 14.0. The largest absolute Gasteiger partial charge is 0.466 e. The molecule has 0 saturated heterocycles. The highest BCUT2D eigenvalue weighted by Crippen LogP contribution is 2.55. The molecule has 0 atom stereocenters. The number of hydrogen-bond acceptors (Lipinski definition) is 3. The third-order valence-corrected chi connectivity index (χ3v) is 19.4. The number of aromatic nitrogens is 1. The highest BCUT2D eigenvalue weighted by atomic mass is 16.3. The van der Waals surface area contributed by atoms with Crippen molar-refractivity contribution >= 4 is 84.9 Å². The summed E-state index contributed by atoms with van der Waals surface area (Å²) < 4.78 is 10.6. The third-order valence-electron chi connectivity index (χ3n) is 19.4. The standard InChI is InChI=1S/C78H86BN3O/c1-72(2,3)48-25-31-53(32-26-48)80(54-33-27-49(28-34-54)73(4,5)6)55-43-58-60-42-52(76(13,14)15)41-59-57-40-51(75(10,11)12)30-36-65(57)82(69(59)60)79-68(58)66(44-55)81(64-35-29-50(74(7,8)9)39-56(64)47-23-21-20-22-24-47)70-61-45-62-63(46-67(61)83-71(70)79)78(18,19)38-37-77(62,16)17/h20-36,39-46H,37-38H2,1-19H3. The first-order chi connectivity index (χ1) is 38.8. The Morgan fingerprint density at radius 3 is 1.51 bits per heavy atom. The highest BCUT2D eigenvalue weighted by molar-refractivity contribution is 6.89. The Hall–Kier alpha value is -7.24. The van der Waals surface area contributed by atoms with Gasteiger partial charge in [-0.05, 0) is 191 Å². The van der Waals surface area contributed by atoms with Crippen molar-refractivity contribution in [2.75, 3.05) is 9.80 Å². The van der Waals surface area contributed by atoms with Crippen LogP contribution in [0.3, 0.4) is 0 Å². The van der Waals surface area contributed by atoms with Gasteiger partial charge in [0, 0.05) is 61.1 Å². The van der Waals surface area contributed by atoms with Crippen LogP contribution in [-0.4, -0.2) is 11.3 Å². The minimum absolute atomic E-state index is 0.00689. The molecule has 0 radical (unpaired) electrons. The number of benzene rings is 8. The Bertz CT molecular complexity index is 4200. The van der Waals surface area contributed by atoms with Gasteiger partial charge in [-0.1, -0.05) is 198 Å². The maximum Gasteiger partial charge on any atom is 0.375 e. The predicted molar refractivity (Wildman–Crippen MR) is 359 cm³/mol. The van der Waals surface area contributed by atoms with Crippen LogP contribution in [0.25, 0.3) is 55.0 Å². The number of nitrogens with zero attached hydrogens (tertiary/aromatic N) is 3. The summed E-state index contributed by atoms with van der Waals surface area (Å²) in [5, 5.41) is 3.74. The van der Waals surface area contributed by atoms with E-state index in [4.69, 9.17) is 4.42 Å². The van der Waals surface area contributed by atoms with Gasteiger partial charge in [-0.15, -0.1) is 0 Å². The number of hydrogen-bond donors (Lipinski definition) is 0. The molecule has 0 bridgehead atoms. The summed E-state index contributed by atoms with van der Waals surface area (Å²) in [4.78, 5) is 5.18. The number of furan rings is 1. The Morgan fingerprint density at radius 2 is 0.940 bits per heavy atom. The summed E-state index contributed by atoms with van der Waals surface area (Å²) >= 11 is 0. The second kappa shape index (κ2) is 18.1. The van der Waals surface area contributed by atoms with E-state index in [-0.39, 0.29) is 44.8 Å². The van der Waals surface area contributed by atoms with Crippen molar-refractivity contribution in [3.8, 4) is 22.3 Å². The number of rotatable bonds is 5. The van der Waals surface area contributed by atoms with E-state index in [9.17, 15) is 0 Å². The third kappa shape index (κ3) is 8.83. The van der Waals surface area contributed by atoms with Crippen LogP contribution in [0.1, 0.15) is 183 Å². The van der Waals surface area contributed by atoms with Gasteiger partial charge in [0.2, 0.25) is 0 Å². The van der Waals surface area contributed by atoms with Crippen LogP contribution in [0.2, 0.25) is 0 Å². The molecule has 0 amide bonds. The van der Waals surface area contributed by atoms with E-state index in [0.29, 0.717) is 0 Å². The van der Waals surface area contributed by atoms with Crippen LogP contribution in [0.4, 0.5) is 34.1 Å². The lowest BCUT2D eigenvalue weighted by Crippen LogP contribution is -2.56. The quantitative estimate of drug-likeness (QED) is 0.161. The molecular weight excluding hydrogens is 1010 g/mol. The van der Waals surface area contributed by atoms with E-state index in [1.54, 1.807) is 0 Å². The Labute approximate surface area is 496 Å². The zero-order valence-corrected chi connectivity index (χ0v) is 53.2. The second-order valence-electron chi connectivity index (χ2n) is 31.4. The maximum atomic E-state index is 7.88. The summed E-state index contributed by atoms with van der Waals surface area (Å²) in [6, 6.07) is 59.6. The molecule has 0 saturated carbocycles. The molecule has 0 N–H and O–H groups in total. The van der Waals surface area contributed by atoms with Crippen molar-refractivity contribution in [1.29, 1.82) is 0 Å². The van der Waals surface area contributed by atoms with Crippen LogP contribution >= 0.6 is 0 Å². The van der Waals surface area contributed by atoms with Crippen LogP contribution in [0, 0.1) is 0 Å². The fourth-order valence-electron chi connectivity index (χ4n) is 14.0. The lowest BCUT2D eigenvalue weighted by Gasteiger charge is -2.42. The van der Waals surface area contributed by atoms with Crippen molar-refractivity contribution in [2.45, 2.75) is 182 Å². The fraction of sp³-hybridized carbons (Fsp3) is 0.359. The molecular formula is C78H86BN3O. The van der Waals surface area contributed by atoms with Crippen LogP contribution in [-0.2, 0) is 37.9 Å². The first kappa shape index (κ1) is 55.0. The molecule has 8 aromatic carbocycles. The minimum atomic E-state index is -0.293. The van der Waals surface area contributed by atoms with Crippen molar-refractivity contribution in [3.05, 3.63) is 191 Å². The van der Waals surface area contributed by atoms with Crippen molar-refractivity contribution < 1.29 is 4.42 Å². The highest BCUT2D eigenvalue weighted by Gasteiger charge is 2.49. The average Bonchev–Trinajstić information content (AvgIpc) is 1.62. The number of fused-ring (bicyclic) bond motifs is 10. The second-order valence-corrected chi connectivity index (χ2v) is 31.4. The van der Waals surface area contributed by atoms with Crippen molar-refractivity contribution in [2.24, 2.45) is 0 Å². The molecule has 83 heavy (non-hydrogen) atoms. The van der Waals surface area contributed by atoms with E-state index < -0.39 is 0 Å². The summed E-state index contributed by atoms with van der Waals surface area (Å²) in [7, 11) is 0. The molecule has 3 aliphatic rings. The summed E-state index contributed by atoms with van der Waals surface area (Å²) in [5.41, 5.74) is 26.3. The van der Waals surface area contributed by atoms with E-state index >= 15 is 0 Å². The molecule has 0 unspecified atom stereocenters. The van der Waals surface area contributed by atoms with E-state index in [1.165, 1.54) is 88.5 Å². The average molecular weight is 1090 g/mol. The van der Waals surface area contributed by atoms with E-state index in [1.807, 2.05) is 0 Å². The molecule has 5 heteroatoms. The first-order valence-corrected chi connectivity index (χ1v) is 30.7. The molecule has 13 rings (SSSR count). The van der Waals surface area contributed by atoms with Gasteiger partial charge in [-0.3, -0.25) is 0 Å². The molecule has 2 aromatic heterocycles. The zero-order chi connectivity index (χ0) is 59.0. The zero-order valence-electron chi connectivity index (χ0n) is 53.2. The minimum Gasteiger partial charge on any atom is -0.466 e. The molecule has 422 valence electrons. The van der Waals surface area contributed by atoms with Gasteiger partial charge in [-0.25, -0.2) is 0 Å². The van der Waals surface area contributed by atoms with Gasteiger partial charge in [0.25, 0.3) is 0 Å². The summed E-state index contributed by atoms with van der Waals surface area (Å²) in [6.07, 6.45) is 2.24. The Kier molecular flexibility index (Phi) is 12.0. The van der Waals surface area contributed by atoms with Gasteiger partial charge in [0.15, 0.2) is 0 Å². The maximum absolute atomic E-state index is 7.88. The molecule has 1 aliphatic carbocycles. The van der Waals surface area contributed by atoms with Gasteiger partial charge in [-0.2, -0.15) is 0 Å². The van der Waals surface area contributed by atoms with Crippen LogP contribution in [0.15, 0.2) is 156 Å². The molecule has 0 fully saturated rings. The normalized spacial score (nSPS) is 15.7. The molecule has 10 aromatic rings. The molecule has 0 spiro atoms. The van der Waals surface area contributed by atoms with Crippen molar-refractivity contribution in [3.63, 3.8) is 0 Å². The van der Waals surface area contributed by atoms with Gasteiger partial charge >= 0.3 is 6.85 Å². The summed E-state index contributed by atoms with van der Waals surface area (Å²) in [6.45, 7) is 44.5. The van der Waals surface area contributed by atoms with Gasteiger partial charge in [0.05, 0.1) is 11.4 Å². The van der Waals surface area contributed by atoms with Crippen LogP contribution in [0.5, 0.6) is 0 Å². The predicted octanol–water partition coefficient (Wildman–Crippen LogP) is 20.9. The molecule has 4 heterocycles. The van der Waals surface area contributed by atoms with E-state index in [2.05, 4.69) is 297 Å². The van der Waals surface area contributed by atoms with Gasteiger partial charge < -0.3 is 18.7 Å². The van der Waals surface area contributed by atoms with Crippen LogP contribution < -0.4 is 20.9 Å². The van der Waals surface area contributed by atoms with Crippen molar-refractivity contribution in [1.82, 2.24) is 4.48 Å². The monoisotopic (exact) mass is 1090 g/mol. The Morgan fingerprint density at radius 1 is 0.434 bits per heavy atom. The number of anilines is 6. The SMILES string of the molecule is CC(C)(C)c1ccc(N(c2ccc(C(C)(C)C)cc2)c2cc3c4c(c2)N(c2ccc(C(C)(C)C)cc2-c2ccccc2)c2c(oc5cc6c(cc25)C(C)(C)CCC6(C)C)B4n2c4ccc(C(C)(C)C)cc4c4cc(C(C)(C)C)cc-3c42)cc1.